The van der Waals surface area contributed by atoms with Gasteiger partial charge in [-0.1, -0.05) is 118 Å². The molecule has 0 saturated carbocycles. The highest BCUT2D eigenvalue weighted by Gasteiger charge is 2.35. The van der Waals surface area contributed by atoms with Gasteiger partial charge in [0, 0.05) is 35.6 Å². The molecule has 68 heavy (non-hydrogen) atoms. The molecule has 8 atom stereocenters. The zero-order valence-electron chi connectivity index (χ0n) is 42.5. The molecule has 0 saturated heterocycles. The Hall–Kier alpha value is -2.88. The van der Waals surface area contributed by atoms with Crippen LogP contribution in [-0.2, 0) is 38.5 Å². The third-order valence-corrected chi connectivity index (χ3v) is 14.0. The SMILES string of the molecule is CCCCCCc1cc(C2=CC(CCCC)=C(c3cc(CCCCCC)c(CC(O)C(O)C(O)C(O)CO)c(CCCCCC)c3)[N+]2=[N-])cc(CCCCCC)c1CC(O)C(O)C(O)C(O)CO. The molecule has 3 rings (SSSR count). The highest BCUT2D eigenvalue weighted by molar-refractivity contribution is 5.79. The Labute approximate surface area is 409 Å². The first-order valence-electron chi connectivity index (χ1n) is 26.6. The Morgan fingerprint density at radius 1 is 0.412 bits per heavy atom. The second-order valence-corrected chi connectivity index (χ2v) is 19.6. The molecule has 0 spiro atoms. The lowest BCUT2D eigenvalue weighted by atomic mass is 9.85. The first-order valence-corrected chi connectivity index (χ1v) is 26.6. The summed E-state index contributed by atoms with van der Waals surface area (Å²) in [6, 6.07) is 8.43. The Morgan fingerprint density at radius 3 is 1.06 bits per heavy atom. The summed E-state index contributed by atoms with van der Waals surface area (Å²) in [6.07, 6.45) is 10.9. The summed E-state index contributed by atoms with van der Waals surface area (Å²) in [5, 5.41) is 105. The molecule has 0 aromatic heterocycles. The topological polar surface area (TPSA) is 228 Å². The quantitative estimate of drug-likeness (QED) is 0.0231. The molecular weight excluding hydrogens is 861 g/mol. The van der Waals surface area contributed by atoms with Crippen molar-refractivity contribution in [1.82, 2.24) is 0 Å². The third-order valence-electron chi connectivity index (χ3n) is 14.0. The van der Waals surface area contributed by atoms with Gasteiger partial charge in [-0.25, -0.2) is 4.70 Å². The van der Waals surface area contributed by atoms with E-state index >= 15 is 0 Å². The molecule has 1 aliphatic heterocycles. The van der Waals surface area contributed by atoms with E-state index in [9.17, 15) is 56.6 Å². The van der Waals surface area contributed by atoms with Crippen LogP contribution in [0.5, 0.6) is 0 Å². The summed E-state index contributed by atoms with van der Waals surface area (Å²) in [5.74, 6) is 0. The van der Waals surface area contributed by atoms with Crippen LogP contribution in [0.25, 0.3) is 16.9 Å². The molecule has 0 amide bonds. The number of aliphatic hydroxyl groups is 10. The van der Waals surface area contributed by atoms with Crippen LogP contribution < -0.4 is 0 Å². The maximum atomic E-state index is 12.6. The van der Waals surface area contributed by atoms with E-state index in [1.807, 2.05) is 0 Å². The van der Waals surface area contributed by atoms with Gasteiger partial charge in [0.05, 0.1) is 25.4 Å². The van der Waals surface area contributed by atoms with Gasteiger partial charge < -0.3 is 56.6 Å². The molecule has 0 fully saturated rings. The summed E-state index contributed by atoms with van der Waals surface area (Å²) in [5.41, 5.74) is 22.4. The van der Waals surface area contributed by atoms with Crippen LogP contribution in [0.15, 0.2) is 35.9 Å². The van der Waals surface area contributed by atoms with Gasteiger partial charge in [0.1, 0.15) is 36.6 Å². The molecule has 386 valence electrons. The lowest BCUT2D eigenvalue weighted by Gasteiger charge is -2.27. The minimum atomic E-state index is -1.73. The molecule has 0 bridgehead atoms. The first kappa shape index (κ1) is 59.4. The molecule has 8 unspecified atom stereocenters. The van der Waals surface area contributed by atoms with Gasteiger partial charge in [0.15, 0.2) is 0 Å². The van der Waals surface area contributed by atoms with Crippen LogP contribution in [0, 0.1) is 0 Å². The summed E-state index contributed by atoms with van der Waals surface area (Å²) in [7, 11) is 0. The van der Waals surface area contributed by atoms with Crippen molar-refractivity contribution in [3.8, 4) is 0 Å². The minimum Gasteiger partial charge on any atom is -0.493 e. The summed E-state index contributed by atoms with van der Waals surface area (Å²) in [6.45, 7) is 9.30. The van der Waals surface area contributed by atoms with E-state index in [4.69, 9.17) is 0 Å². The van der Waals surface area contributed by atoms with Crippen LogP contribution in [0.2, 0.25) is 0 Å². The minimum absolute atomic E-state index is 0.0388. The van der Waals surface area contributed by atoms with Crippen LogP contribution in [0.3, 0.4) is 0 Å². The number of allylic oxidation sites excluding steroid dienone is 2. The molecule has 10 N–H and O–H groups in total. The Balaban J connectivity index is 2.28. The third kappa shape index (κ3) is 17.8. The fourth-order valence-electron chi connectivity index (χ4n) is 9.67. The Kier molecular flexibility index (Phi) is 28.1. The lowest BCUT2D eigenvalue weighted by molar-refractivity contribution is -0.344. The van der Waals surface area contributed by atoms with Gasteiger partial charge in [-0.05, 0) is 122 Å². The van der Waals surface area contributed by atoms with E-state index in [-0.39, 0.29) is 12.8 Å². The van der Waals surface area contributed by atoms with E-state index in [2.05, 4.69) is 65.0 Å². The lowest BCUT2D eigenvalue weighted by Crippen LogP contribution is -2.46. The number of hydrogen-bond acceptors (Lipinski definition) is 10. The fourth-order valence-corrected chi connectivity index (χ4v) is 9.67. The molecule has 1 aliphatic rings. The largest absolute Gasteiger partial charge is 0.493 e. The van der Waals surface area contributed by atoms with Crippen molar-refractivity contribution in [2.75, 3.05) is 13.2 Å². The molecule has 2 aromatic rings. The van der Waals surface area contributed by atoms with Crippen LogP contribution >= 0.6 is 0 Å². The average Bonchev–Trinajstić information content (AvgIpc) is 3.68. The second-order valence-electron chi connectivity index (χ2n) is 19.6. The van der Waals surface area contributed by atoms with Crippen molar-refractivity contribution in [2.45, 2.75) is 244 Å². The number of unbranched alkanes of at least 4 members (excludes halogenated alkanes) is 13. The zero-order chi connectivity index (χ0) is 50.2. The second kappa shape index (κ2) is 32.2. The number of aliphatic hydroxyl groups excluding tert-OH is 10. The van der Waals surface area contributed by atoms with Gasteiger partial charge in [-0.15, -0.1) is 0 Å². The average molecular weight is 953 g/mol. The van der Waals surface area contributed by atoms with Crippen LogP contribution in [-0.4, -0.2) is 118 Å². The number of benzene rings is 2. The van der Waals surface area contributed by atoms with Gasteiger partial charge in [-0.2, -0.15) is 0 Å². The maximum Gasteiger partial charge on any atom is 0.210 e. The predicted octanol–water partition coefficient (Wildman–Crippen LogP) is 8.12. The first-order chi connectivity index (χ1) is 32.7. The van der Waals surface area contributed by atoms with Gasteiger partial charge >= 0.3 is 0 Å². The maximum absolute atomic E-state index is 12.6. The molecular formula is C56H92N2O10. The molecule has 0 radical (unpaired) electrons. The van der Waals surface area contributed by atoms with Crippen LogP contribution in [0.1, 0.15) is 201 Å². The number of nitrogens with zero attached hydrogens (tertiary/aromatic N) is 2. The van der Waals surface area contributed by atoms with Gasteiger partial charge in [0.2, 0.25) is 11.4 Å². The smallest absolute Gasteiger partial charge is 0.210 e. The van der Waals surface area contributed by atoms with Crippen molar-refractivity contribution >= 4 is 11.4 Å². The number of rotatable bonds is 37. The Bertz CT molecular complexity index is 1780. The molecule has 1 heterocycles. The zero-order valence-corrected chi connectivity index (χ0v) is 42.5. The van der Waals surface area contributed by atoms with E-state index in [0.29, 0.717) is 37.1 Å². The van der Waals surface area contributed by atoms with E-state index in [0.717, 1.165) is 172 Å². The van der Waals surface area contributed by atoms with Crippen molar-refractivity contribution in [2.24, 2.45) is 0 Å². The van der Waals surface area contributed by atoms with Crippen molar-refractivity contribution in [3.05, 3.63) is 86.0 Å². The fraction of sp³-hybridized carbons (Fsp3) is 0.714. The monoisotopic (exact) mass is 953 g/mol. The highest BCUT2D eigenvalue weighted by atomic mass is 16.4. The van der Waals surface area contributed by atoms with E-state index in [1.165, 1.54) is 4.70 Å². The van der Waals surface area contributed by atoms with Gasteiger partial charge in [0.25, 0.3) is 0 Å². The normalized spacial score (nSPS) is 16.8. The van der Waals surface area contributed by atoms with Crippen molar-refractivity contribution < 1.29 is 55.8 Å². The summed E-state index contributed by atoms with van der Waals surface area (Å²) < 4.78 is 1.33. The summed E-state index contributed by atoms with van der Waals surface area (Å²) >= 11 is 0. The Morgan fingerprint density at radius 2 is 0.735 bits per heavy atom. The van der Waals surface area contributed by atoms with Crippen molar-refractivity contribution in [1.29, 1.82) is 0 Å². The molecule has 12 nitrogen and oxygen atoms in total. The van der Waals surface area contributed by atoms with Gasteiger partial charge in [-0.3, -0.25) is 0 Å². The van der Waals surface area contributed by atoms with Crippen LogP contribution in [0.4, 0.5) is 0 Å². The predicted molar refractivity (Wildman–Crippen MR) is 272 cm³/mol. The standard InChI is InChI=1S/C56H92N2O10/c1-6-11-16-20-25-38-29-43(30-39(26-21-17-12-7-2)45(38)34-48(61)53(65)55(67)50(63)36-59)47-33-42(24-15-10-5)52(58(47)57)44-31-40(27-22-18-13-8-3)46(41(32-44)28-23-19-14-9-4)35-49(62)54(66)56(68)51(64)37-60/h29-33,48-51,53-56,59-68H,6-28,34-37H2,1-5H3. The molecule has 0 aliphatic carbocycles. The highest BCUT2D eigenvalue weighted by Crippen LogP contribution is 2.41. The molecule has 12 heteroatoms. The number of hydrogen-bond donors (Lipinski definition) is 10. The number of aryl methyl sites for hydroxylation is 4. The van der Waals surface area contributed by atoms with E-state index in [1.54, 1.807) is 0 Å². The molecule has 2 aromatic carbocycles. The summed E-state index contributed by atoms with van der Waals surface area (Å²) in [4.78, 5) is 0. The van der Waals surface area contributed by atoms with E-state index < -0.39 is 62.0 Å². The van der Waals surface area contributed by atoms with Crippen molar-refractivity contribution in [3.63, 3.8) is 0 Å².